The third-order valence-corrected chi connectivity index (χ3v) is 6.63. The summed E-state index contributed by atoms with van der Waals surface area (Å²) in [4.78, 5) is 27.9. The van der Waals surface area contributed by atoms with E-state index in [1.165, 1.54) is 11.8 Å². The summed E-state index contributed by atoms with van der Waals surface area (Å²) >= 11 is 20.2. The molecular formula is C24H29Cl3N2O2S. The van der Waals surface area contributed by atoms with E-state index < -0.39 is 11.6 Å². The first kappa shape index (κ1) is 26.8. The normalized spacial score (nSPS) is 12.3. The van der Waals surface area contributed by atoms with Gasteiger partial charge in [-0.05, 0) is 57.0 Å². The lowest BCUT2D eigenvalue weighted by atomic mass is 10.1. The molecule has 0 spiro atoms. The van der Waals surface area contributed by atoms with Gasteiger partial charge in [-0.2, -0.15) is 0 Å². The molecular weight excluding hydrogens is 487 g/mol. The van der Waals surface area contributed by atoms with Crippen LogP contribution in [-0.2, 0) is 21.9 Å². The average molecular weight is 516 g/mol. The van der Waals surface area contributed by atoms with Gasteiger partial charge >= 0.3 is 0 Å². The van der Waals surface area contributed by atoms with Crippen molar-refractivity contribution in [2.45, 2.75) is 58.0 Å². The molecule has 0 aromatic heterocycles. The van der Waals surface area contributed by atoms with Crippen LogP contribution in [0, 0.1) is 0 Å². The van der Waals surface area contributed by atoms with Crippen LogP contribution in [0.4, 0.5) is 0 Å². The molecule has 1 N–H and O–H groups in total. The van der Waals surface area contributed by atoms with Gasteiger partial charge in [0.05, 0.1) is 5.75 Å². The van der Waals surface area contributed by atoms with Crippen molar-refractivity contribution in [3.8, 4) is 0 Å². The molecule has 2 aromatic rings. The van der Waals surface area contributed by atoms with E-state index in [0.29, 0.717) is 32.8 Å². The summed E-state index contributed by atoms with van der Waals surface area (Å²) in [6, 6.07) is 12.1. The smallest absolute Gasteiger partial charge is 0.243 e. The number of hydrogen-bond donors (Lipinski definition) is 1. The largest absolute Gasteiger partial charge is 0.350 e. The van der Waals surface area contributed by atoms with Crippen molar-refractivity contribution in [1.82, 2.24) is 10.2 Å². The summed E-state index contributed by atoms with van der Waals surface area (Å²) in [5.41, 5.74) is 1.30. The highest BCUT2D eigenvalue weighted by atomic mass is 35.5. The highest BCUT2D eigenvalue weighted by Crippen LogP contribution is 2.27. The summed E-state index contributed by atoms with van der Waals surface area (Å²) in [5.74, 6) is 0.550. The van der Waals surface area contributed by atoms with E-state index in [2.05, 4.69) is 5.32 Å². The van der Waals surface area contributed by atoms with Crippen LogP contribution in [0.1, 0.15) is 45.2 Å². The van der Waals surface area contributed by atoms with Crippen LogP contribution in [0.3, 0.4) is 0 Å². The summed E-state index contributed by atoms with van der Waals surface area (Å²) in [5, 5.41) is 4.60. The van der Waals surface area contributed by atoms with Crippen LogP contribution >= 0.6 is 46.6 Å². The molecule has 174 valence electrons. The van der Waals surface area contributed by atoms with Gasteiger partial charge in [0.1, 0.15) is 6.04 Å². The molecule has 0 unspecified atom stereocenters. The van der Waals surface area contributed by atoms with Crippen molar-refractivity contribution in [2.24, 2.45) is 0 Å². The number of carbonyl (C=O) groups excluding carboxylic acids is 2. The maximum absolute atomic E-state index is 13.3. The van der Waals surface area contributed by atoms with E-state index in [1.54, 1.807) is 23.1 Å². The Morgan fingerprint density at radius 3 is 2.16 bits per heavy atom. The summed E-state index contributed by atoms with van der Waals surface area (Å²) in [7, 11) is 0. The van der Waals surface area contributed by atoms with E-state index in [9.17, 15) is 9.59 Å². The Bertz CT molecular complexity index is 910. The summed E-state index contributed by atoms with van der Waals surface area (Å²) in [6.45, 7) is 7.79. The second-order valence-corrected chi connectivity index (χ2v) is 10.7. The number of halogens is 3. The van der Waals surface area contributed by atoms with Crippen LogP contribution in [0.5, 0.6) is 0 Å². The lowest BCUT2D eigenvalue weighted by Crippen LogP contribution is -2.53. The van der Waals surface area contributed by atoms with Gasteiger partial charge in [-0.25, -0.2) is 0 Å². The van der Waals surface area contributed by atoms with Gasteiger partial charge in [0.2, 0.25) is 11.8 Å². The quantitative estimate of drug-likeness (QED) is 0.409. The monoisotopic (exact) mass is 514 g/mol. The molecule has 32 heavy (non-hydrogen) atoms. The predicted octanol–water partition coefficient (Wildman–Crippen LogP) is 6.60. The Hall–Kier alpha value is -1.40. The minimum Gasteiger partial charge on any atom is -0.350 e. The molecule has 0 aliphatic heterocycles. The molecule has 0 radical (unpaired) electrons. The molecule has 1 atom stereocenters. The Morgan fingerprint density at radius 1 is 1.03 bits per heavy atom. The number of nitrogens with one attached hydrogen (secondary N) is 1. The molecule has 0 fully saturated rings. The molecule has 2 rings (SSSR count). The second kappa shape index (κ2) is 12.2. The van der Waals surface area contributed by atoms with Crippen LogP contribution in [0.25, 0.3) is 0 Å². The molecule has 0 aliphatic carbocycles. The minimum atomic E-state index is -0.634. The summed E-state index contributed by atoms with van der Waals surface area (Å²) in [6.07, 6.45) is 0.470. The van der Waals surface area contributed by atoms with Gasteiger partial charge in [0, 0.05) is 38.5 Å². The fourth-order valence-electron chi connectivity index (χ4n) is 3.15. The number of amides is 2. The lowest BCUT2D eigenvalue weighted by molar-refractivity contribution is -0.140. The molecule has 4 nitrogen and oxygen atoms in total. The van der Waals surface area contributed by atoms with E-state index in [-0.39, 0.29) is 24.1 Å². The van der Waals surface area contributed by atoms with E-state index in [1.807, 2.05) is 52.0 Å². The number of nitrogens with zero attached hydrogens (tertiary/aromatic N) is 1. The highest BCUT2D eigenvalue weighted by molar-refractivity contribution is 7.99. The van der Waals surface area contributed by atoms with Crippen molar-refractivity contribution in [2.75, 3.05) is 5.75 Å². The number of carbonyl (C=O) groups is 2. The zero-order chi connectivity index (χ0) is 23.9. The fraction of sp³-hybridized carbons (Fsp3) is 0.417. The van der Waals surface area contributed by atoms with E-state index in [4.69, 9.17) is 34.8 Å². The first-order valence-electron chi connectivity index (χ1n) is 10.4. The molecule has 2 amide bonds. The third-order valence-electron chi connectivity index (χ3n) is 4.68. The number of thioether (sulfide) groups is 1. The van der Waals surface area contributed by atoms with Crippen molar-refractivity contribution >= 4 is 58.4 Å². The molecule has 0 saturated heterocycles. The van der Waals surface area contributed by atoms with E-state index in [0.717, 1.165) is 5.56 Å². The zero-order valence-electron chi connectivity index (χ0n) is 18.8. The zero-order valence-corrected chi connectivity index (χ0v) is 21.8. The highest BCUT2D eigenvalue weighted by Gasteiger charge is 2.31. The van der Waals surface area contributed by atoms with Crippen LogP contribution in [0.15, 0.2) is 42.5 Å². The number of benzene rings is 2. The van der Waals surface area contributed by atoms with Crippen LogP contribution in [-0.4, -0.2) is 34.0 Å². The van der Waals surface area contributed by atoms with Gasteiger partial charge in [0.15, 0.2) is 0 Å². The topological polar surface area (TPSA) is 49.4 Å². The Labute approximate surface area is 210 Å². The standard InChI is InChI=1S/C24H29Cl3N2O2S/c1-5-21(23(31)28-24(2,3)4)29(13-18-19(26)7-6-8-20(18)27)22(30)15-32-14-16-9-11-17(25)12-10-16/h6-12,21H,5,13-15H2,1-4H3,(H,28,31)/t21-/m0/s1. The van der Waals surface area contributed by atoms with Crippen molar-refractivity contribution in [3.63, 3.8) is 0 Å². The number of rotatable bonds is 9. The van der Waals surface area contributed by atoms with Crippen molar-refractivity contribution in [3.05, 3.63) is 68.7 Å². The molecule has 0 aliphatic rings. The maximum atomic E-state index is 13.3. The van der Waals surface area contributed by atoms with Gasteiger partial charge in [-0.3, -0.25) is 9.59 Å². The summed E-state index contributed by atoms with van der Waals surface area (Å²) < 4.78 is 0. The van der Waals surface area contributed by atoms with E-state index >= 15 is 0 Å². The molecule has 8 heteroatoms. The Balaban J connectivity index is 2.22. The average Bonchev–Trinajstić information content (AvgIpc) is 2.70. The third kappa shape index (κ3) is 8.18. The first-order valence-corrected chi connectivity index (χ1v) is 12.7. The lowest BCUT2D eigenvalue weighted by Gasteiger charge is -2.33. The minimum absolute atomic E-state index is 0.143. The van der Waals surface area contributed by atoms with Crippen LogP contribution in [0.2, 0.25) is 15.1 Å². The number of hydrogen-bond acceptors (Lipinski definition) is 3. The van der Waals surface area contributed by atoms with Gasteiger partial charge in [0.25, 0.3) is 0 Å². The Kier molecular flexibility index (Phi) is 10.2. The van der Waals surface area contributed by atoms with Gasteiger partial charge < -0.3 is 10.2 Å². The molecule has 0 bridgehead atoms. The van der Waals surface area contributed by atoms with Gasteiger partial charge in [-0.15, -0.1) is 11.8 Å². The molecule has 0 heterocycles. The van der Waals surface area contributed by atoms with Crippen molar-refractivity contribution in [1.29, 1.82) is 0 Å². The first-order chi connectivity index (χ1) is 15.0. The molecule has 0 saturated carbocycles. The second-order valence-electron chi connectivity index (χ2n) is 8.50. The van der Waals surface area contributed by atoms with Gasteiger partial charge in [-0.1, -0.05) is 59.9 Å². The SMILES string of the molecule is CC[C@@H](C(=O)NC(C)(C)C)N(Cc1c(Cl)cccc1Cl)C(=O)CSCc1ccc(Cl)cc1. The predicted molar refractivity (Wildman–Crippen MR) is 137 cm³/mol. The Morgan fingerprint density at radius 2 is 1.62 bits per heavy atom. The maximum Gasteiger partial charge on any atom is 0.243 e. The molecule has 2 aromatic carbocycles. The van der Waals surface area contributed by atoms with Crippen molar-refractivity contribution < 1.29 is 9.59 Å². The fourth-order valence-corrected chi connectivity index (χ4v) is 4.66. The van der Waals surface area contributed by atoms with Crippen LogP contribution < -0.4 is 5.32 Å².